The molecule has 0 saturated heterocycles. The Hall–Kier alpha value is -1.75. The van der Waals surface area contributed by atoms with Gasteiger partial charge < -0.3 is 15.6 Å². The Morgan fingerprint density at radius 1 is 1.50 bits per heavy atom. The van der Waals surface area contributed by atoms with Gasteiger partial charge in [-0.25, -0.2) is 9.59 Å². The Bertz CT molecular complexity index is 433. The first-order chi connectivity index (χ1) is 7.41. The van der Waals surface area contributed by atoms with Crippen LogP contribution in [0, 0.1) is 0 Å². The number of nitrogens with two attached hydrogens (primary N) is 1. The van der Waals surface area contributed by atoms with E-state index in [1.54, 1.807) is 0 Å². The van der Waals surface area contributed by atoms with Crippen molar-refractivity contribution < 1.29 is 19.4 Å². The Balaban J connectivity index is 2.81. The maximum Gasteiger partial charge on any atom is 0.344 e. The summed E-state index contributed by atoms with van der Waals surface area (Å²) in [5.41, 5.74) is 5.89. The summed E-state index contributed by atoms with van der Waals surface area (Å²) in [6.07, 6.45) is -1.20. The molecule has 0 aliphatic heterocycles. The highest BCUT2D eigenvalue weighted by Crippen LogP contribution is 2.20. The van der Waals surface area contributed by atoms with Gasteiger partial charge in [0.1, 0.15) is 0 Å². The van der Waals surface area contributed by atoms with Gasteiger partial charge in [-0.15, -0.1) is 0 Å². The van der Waals surface area contributed by atoms with Gasteiger partial charge >= 0.3 is 11.9 Å². The van der Waals surface area contributed by atoms with E-state index in [1.165, 1.54) is 25.1 Å². The lowest BCUT2D eigenvalue weighted by atomic mass is 10.2. The lowest BCUT2D eigenvalue weighted by Crippen LogP contribution is -2.23. The summed E-state index contributed by atoms with van der Waals surface area (Å²) in [7, 11) is 0. The first kappa shape index (κ1) is 12.3. The highest BCUT2D eigenvalue weighted by molar-refractivity contribution is 6.33. The molecule has 5 nitrogen and oxygen atoms in total. The molecule has 0 bridgehead atoms. The van der Waals surface area contributed by atoms with Crippen molar-refractivity contribution in [1.82, 2.24) is 0 Å². The van der Waals surface area contributed by atoms with E-state index in [-0.39, 0.29) is 11.3 Å². The van der Waals surface area contributed by atoms with E-state index in [0.717, 1.165) is 0 Å². The molecule has 1 atom stereocenters. The topological polar surface area (TPSA) is 89.6 Å². The van der Waals surface area contributed by atoms with Crippen LogP contribution >= 0.6 is 11.6 Å². The number of rotatable bonds is 3. The highest BCUT2D eigenvalue weighted by Gasteiger charge is 2.17. The summed E-state index contributed by atoms with van der Waals surface area (Å²) < 4.78 is 4.66. The number of carbonyl (C=O) groups excluding carboxylic acids is 1. The van der Waals surface area contributed by atoms with Crippen molar-refractivity contribution in [3.63, 3.8) is 0 Å². The summed E-state index contributed by atoms with van der Waals surface area (Å²) >= 11 is 5.67. The number of carboxylic acid groups (broad SMARTS) is 1. The molecule has 3 N–H and O–H groups in total. The SMILES string of the molecule is CC(OC(=O)c1ccc(Cl)c(N)c1)C(=O)O. The molecule has 0 aliphatic carbocycles. The number of benzene rings is 1. The maximum atomic E-state index is 11.4. The average molecular weight is 244 g/mol. The summed E-state index contributed by atoms with van der Waals surface area (Å²) in [4.78, 5) is 21.9. The Kier molecular flexibility index (Phi) is 3.73. The summed E-state index contributed by atoms with van der Waals surface area (Å²) in [5.74, 6) is -1.96. The second kappa shape index (κ2) is 4.85. The van der Waals surface area contributed by atoms with Gasteiger partial charge in [-0.05, 0) is 25.1 Å². The molecule has 0 saturated carbocycles. The van der Waals surface area contributed by atoms with E-state index in [0.29, 0.717) is 5.02 Å². The van der Waals surface area contributed by atoms with Crippen molar-refractivity contribution in [3.8, 4) is 0 Å². The molecule has 0 fully saturated rings. The van der Waals surface area contributed by atoms with Crippen molar-refractivity contribution in [2.24, 2.45) is 0 Å². The van der Waals surface area contributed by atoms with Crippen LogP contribution in [-0.2, 0) is 9.53 Å². The number of aliphatic carboxylic acids is 1. The summed E-state index contributed by atoms with van der Waals surface area (Å²) in [6, 6.07) is 4.19. The number of anilines is 1. The Morgan fingerprint density at radius 3 is 2.62 bits per heavy atom. The van der Waals surface area contributed by atoms with E-state index in [1.807, 2.05) is 0 Å². The third-order valence-electron chi connectivity index (χ3n) is 1.86. The van der Waals surface area contributed by atoms with E-state index >= 15 is 0 Å². The lowest BCUT2D eigenvalue weighted by molar-refractivity contribution is -0.146. The predicted molar refractivity (Wildman–Crippen MR) is 58.4 cm³/mol. The third-order valence-corrected chi connectivity index (χ3v) is 2.21. The van der Waals surface area contributed by atoms with Gasteiger partial charge in [-0.2, -0.15) is 0 Å². The van der Waals surface area contributed by atoms with Gasteiger partial charge in [0.05, 0.1) is 16.3 Å². The van der Waals surface area contributed by atoms with Crippen LogP contribution in [-0.4, -0.2) is 23.1 Å². The summed E-state index contributed by atoms with van der Waals surface area (Å²) in [6.45, 7) is 1.26. The van der Waals surface area contributed by atoms with Crippen LogP contribution in [0.4, 0.5) is 5.69 Å². The molecule has 0 aliphatic rings. The number of esters is 1. The molecule has 16 heavy (non-hydrogen) atoms. The zero-order valence-electron chi connectivity index (χ0n) is 8.44. The molecule has 0 spiro atoms. The van der Waals surface area contributed by atoms with Crippen molar-refractivity contribution >= 4 is 29.2 Å². The van der Waals surface area contributed by atoms with E-state index in [9.17, 15) is 9.59 Å². The molecule has 1 aromatic rings. The normalized spacial score (nSPS) is 11.9. The third kappa shape index (κ3) is 2.87. The fourth-order valence-corrected chi connectivity index (χ4v) is 1.07. The minimum Gasteiger partial charge on any atom is -0.479 e. The van der Waals surface area contributed by atoms with Crippen LogP contribution in [0.3, 0.4) is 0 Å². The number of ether oxygens (including phenoxy) is 1. The predicted octanol–water partition coefficient (Wildman–Crippen LogP) is 1.55. The van der Waals surface area contributed by atoms with Gasteiger partial charge in [0, 0.05) is 0 Å². The van der Waals surface area contributed by atoms with E-state index in [2.05, 4.69) is 4.74 Å². The molecule has 1 unspecified atom stereocenters. The molecular weight excluding hydrogens is 234 g/mol. The quantitative estimate of drug-likeness (QED) is 0.621. The number of nitrogen functional groups attached to an aromatic ring is 1. The monoisotopic (exact) mass is 243 g/mol. The molecule has 1 aromatic carbocycles. The molecule has 0 amide bonds. The van der Waals surface area contributed by atoms with Crippen molar-refractivity contribution in [3.05, 3.63) is 28.8 Å². The average Bonchev–Trinajstić information content (AvgIpc) is 2.21. The van der Waals surface area contributed by atoms with Crippen molar-refractivity contribution in [2.75, 3.05) is 5.73 Å². The van der Waals surface area contributed by atoms with Crippen LogP contribution in [0.2, 0.25) is 5.02 Å². The zero-order chi connectivity index (χ0) is 12.3. The molecule has 0 radical (unpaired) electrons. The smallest absolute Gasteiger partial charge is 0.344 e. The van der Waals surface area contributed by atoms with Gasteiger partial charge in [-0.3, -0.25) is 0 Å². The van der Waals surface area contributed by atoms with Crippen LogP contribution in [0.1, 0.15) is 17.3 Å². The molecule has 86 valence electrons. The van der Waals surface area contributed by atoms with Crippen molar-refractivity contribution in [2.45, 2.75) is 13.0 Å². The number of carbonyl (C=O) groups is 2. The fourth-order valence-electron chi connectivity index (χ4n) is 0.950. The molecule has 1 rings (SSSR count). The van der Waals surface area contributed by atoms with Crippen LogP contribution in [0.5, 0.6) is 0 Å². The second-order valence-electron chi connectivity index (χ2n) is 3.12. The Morgan fingerprint density at radius 2 is 2.12 bits per heavy atom. The van der Waals surface area contributed by atoms with Crippen LogP contribution in [0.25, 0.3) is 0 Å². The minimum absolute atomic E-state index is 0.162. The molecule has 0 heterocycles. The van der Waals surface area contributed by atoms with Gasteiger partial charge in [-0.1, -0.05) is 11.6 Å². The minimum atomic E-state index is -1.21. The standard InChI is InChI=1S/C10H10ClNO4/c1-5(9(13)14)16-10(15)6-2-3-7(11)8(12)4-6/h2-5H,12H2,1H3,(H,13,14). The largest absolute Gasteiger partial charge is 0.479 e. The zero-order valence-corrected chi connectivity index (χ0v) is 9.19. The van der Waals surface area contributed by atoms with E-state index < -0.39 is 18.0 Å². The lowest BCUT2D eigenvalue weighted by Gasteiger charge is -2.09. The van der Waals surface area contributed by atoms with Crippen LogP contribution in [0.15, 0.2) is 18.2 Å². The number of halogens is 1. The van der Waals surface area contributed by atoms with Crippen LogP contribution < -0.4 is 5.73 Å². The van der Waals surface area contributed by atoms with Gasteiger partial charge in [0.2, 0.25) is 0 Å². The molecular formula is C10H10ClNO4. The second-order valence-corrected chi connectivity index (χ2v) is 3.53. The van der Waals surface area contributed by atoms with Gasteiger partial charge in [0.15, 0.2) is 6.10 Å². The maximum absolute atomic E-state index is 11.4. The molecule has 6 heteroatoms. The van der Waals surface area contributed by atoms with E-state index in [4.69, 9.17) is 22.4 Å². The number of hydrogen-bond donors (Lipinski definition) is 2. The fraction of sp³-hybridized carbons (Fsp3) is 0.200. The number of hydrogen-bond acceptors (Lipinski definition) is 4. The van der Waals surface area contributed by atoms with Gasteiger partial charge in [0.25, 0.3) is 0 Å². The summed E-state index contributed by atoms with van der Waals surface area (Å²) in [5, 5.41) is 8.88. The number of carboxylic acids is 1. The van der Waals surface area contributed by atoms with Crippen molar-refractivity contribution in [1.29, 1.82) is 0 Å². The Labute approximate surface area is 96.8 Å². The highest BCUT2D eigenvalue weighted by atomic mass is 35.5. The molecule has 0 aromatic heterocycles. The first-order valence-electron chi connectivity index (χ1n) is 4.40. The first-order valence-corrected chi connectivity index (χ1v) is 4.78.